The predicted octanol–water partition coefficient (Wildman–Crippen LogP) is 0.471. The molecule has 0 aromatic heterocycles. The molecule has 1 amide bonds. The number of amides is 1. The van der Waals surface area contributed by atoms with Crippen LogP contribution < -0.4 is 0 Å². The van der Waals surface area contributed by atoms with Gasteiger partial charge in [0.05, 0.1) is 6.10 Å². The molecule has 0 heterocycles. The maximum Gasteiger partial charge on any atom is 0.323 e. The van der Waals surface area contributed by atoms with E-state index in [1.165, 1.54) is 11.9 Å². The second-order valence-electron chi connectivity index (χ2n) is 4.46. The summed E-state index contributed by atoms with van der Waals surface area (Å²) >= 11 is 0. The number of hydrogen-bond acceptors (Lipinski definition) is 3. The van der Waals surface area contributed by atoms with Crippen LogP contribution in [0.1, 0.15) is 32.1 Å². The van der Waals surface area contributed by atoms with Crippen LogP contribution in [0.3, 0.4) is 0 Å². The SMILES string of the molecule is CN(CC(=O)O)C(=O)C[C@@H]1CCCC[C@H]1O. The molecule has 0 saturated heterocycles. The van der Waals surface area contributed by atoms with Crippen LogP contribution in [0.5, 0.6) is 0 Å². The van der Waals surface area contributed by atoms with E-state index in [1.807, 2.05) is 0 Å². The molecule has 0 radical (unpaired) electrons. The summed E-state index contributed by atoms with van der Waals surface area (Å²) in [6.07, 6.45) is 3.50. The van der Waals surface area contributed by atoms with E-state index in [0.717, 1.165) is 25.7 Å². The van der Waals surface area contributed by atoms with Gasteiger partial charge in [-0.2, -0.15) is 0 Å². The average molecular weight is 229 g/mol. The standard InChI is InChI=1S/C11H19NO4/c1-12(7-11(15)16)10(14)6-8-4-2-3-5-9(8)13/h8-9,13H,2-7H2,1H3,(H,15,16)/t8-,9+/m0/s1. The Morgan fingerprint density at radius 1 is 1.31 bits per heavy atom. The topological polar surface area (TPSA) is 77.8 Å². The molecule has 0 aromatic rings. The third-order valence-corrected chi connectivity index (χ3v) is 3.10. The number of hydrogen-bond donors (Lipinski definition) is 2. The Morgan fingerprint density at radius 3 is 2.50 bits per heavy atom. The first kappa shape index (κ1) is 13.0. The Kier molecular flexibility index (Phi) is 4.73. The van der Waals surface area contributed by atoms with E-state index < -0.39 is 12.1 Å². The fourth-order valence-corrected chi connectivity index (χ4v) is 2.10. The summed E-state index contributed by atoms with van der Waals surface area (Å²) in [7, 11) is 1.48. The van der Waals surface area contributed by atoms with E-state index in [4.69, 9.17) is 5.11 Å². The number of rotatable bonds is 4. The van der Waals surface area contributed by atoms with Crippen molar-refractivity contribution in [2.45, 2.75) is 38.2 Å². The molecule has 0 aromatic carbocycles. The van der Waals surface area contributed by atoms with Crippen molar-refractivity contribution in [3.63, 3.8) is 0 Å². The zero-order valence-corrected chi connectivity index (χ0v) is 9.56. The number of aliphatic carboxylic acids is 1. The lowest BCUT2D eigenvalue weighted by Gasteiger charge is -2.28. The number of nitrogens with zero attached hydrogens (tertiary/aromatic N) is 1. The van der Waals surface area contributed by atoms with E-state index >= 15 is 0 Å². The van der Waals surface area contributed by atoms with Gasteiger partial charge in [-0.05, 0) is 18.8 Å². The van der Waals surface area contributed by atoms with Crippen LogP contribution in [-0.2, 0) is 9.59 Å². The highest BCUT2D eigenvalue weighted by molar-refractivity contribution is 5.81. The number of aliphatic hydroxyl groups is 1. The molecule has 0 aliphatic heterocycles. The third kappa shape index (κ3) is 3.81. The summed E-state index contributed by atoms with van der Waals surface area (Å²) < 4.78 is 0. The number of likely N-dealkylation sites (N-methyl/N-ethyl adjacent to an activating group) is 1. The molecule has 1 aliphatic carbocycles. The number of carbonyl (C=O) groups is 2. The summed E-state index contributed by atoms with van der Waals surface area (Å²) in [4.78, 5) is 23.3. The zero-order valence-electron chi connectivity index (χ0n) is 9.56. The molecular weight excluding hydrogens is 210 g/mol. The molecule has 2 atom stereocenters. The molecule has 92 valence electrons. The first-order chi connectivity index (χ1) is 7.50. The van der Waals surface area contributed by atoms with Crippen molar-refractivity contribution in [3.05, 3.63) is 0 Å². The average Bonchev–Trinajstić information content (AvgIpc) is 2.20. The summed E-state index contributed by atoms with van der Waals surface area (Å²) in [5, 5.41) is 18.2. The van der Waals surface area contributed by atoms with Crippen molar-refractivity contribution >= 4 is 11.9 Å². The van der Waals surface area contributed by atoms with Crippen LogP contribution in [0.25, 0.3) is 0 Å². The van der Waals surface area contributed by atoms with Gasteiger partial charge in [0.2, 0.25) is 5.91 Å². The van der Waals surface area contributed by atoms with E-state index in [1.54, 1.807) is 0 Å². The van der Waals surface area contributed by atoms with Gasteiger partial charge in [0.15, 0.2) is 0 Å². The highest BCUT2D eigenvalue weighted by atomic mass is 16.4. The minimum absolute atomic E-state index is 0.00232. The normalized spacial score (nSPS) is 25.1. The molecule has 0 unspecified atom stereocenters. The van der Waals surface area contributed by atoms with Crippen molar-refractivity contribution in [1.82, 2.24) is 4.90 Å². The molecule has 5 nitrogen and oxygen atoms in total. The van der Waals surface area contributed by atoms with Gasteiger partial charge < -0.3 is 15.1 Å². The van der Waals surface area contributed by atoms with E-state index in [9.17, 15) is 14.7 Å². The number of aliphatic hydroxyl groups excluding tert-OH is 1. The van der Waals surface area contributed by atoms with Crippen LogP contribution >= 0.6 is 0 Å². The quantitative estimate of drug-likeness (QED) is 0.734. The minimum Gasteiger partial charge on any atom is -0.480 e. The first-order valence-electron chi connectivity index (χ1n) is 5.64. The zero-order chi connectivity index (χ0) is 12.1. The largest absolute Gasteiger partial charge is 0.480 e. The van der Waals surface area contributed by atoms with Crippen molar-refractivity contribution in [1.29, 1.82) is 0 Å². The summed E-state index contributed by atoms with van der Waals surface area (Å²) in [6.45, 7) is -0.276. The van der Waals surface area contributed by atoms with Gasteiger partial charge in [0, 0.05) is 13.5 Å². The van der Waals surface area contributed by atoms with Crippen LogP contribution in [0.2, 0.25) is 0 Å². The van der Waals surface area contributed by atoms with Gasteiger partial charge in [0.25, 0.3) is 0 Å². The minimum atomic E-state index is -1.01. The Balaban J connectivity index is 2.40. The number of carbonyl (C=O) groups excluding carboxylic acids is 1. The molecule has 1 rings (SSSR count). The molecule has 16 heavy (non-hydrogen) atoms. The van der Waals surface area contributed by atoms with E-state index in [0.29, 0.717) is 0 Å². The summed E-state index contributed by atoms with van der Waals surface area (Å²) in [6, 6.07) is 0. The van der Waals surface area contributed by atoms with Gasteiger partial charge >= 0.3 is 5.97 Å². The predicted molar refractivity (Wildman–Crippen MR) is 57.9 cm³/mol. The number of carboxylic acid groups (broad SMARTS) is 1. The second kappa shape index (κ2) is 5.84. The highest BCUT2D eigenvalue weighted by Crippen LogP contribution is 2.27. The molecule has 2 N–H and O–H groups in total. The van der Waals surface area contributed by atoms with Crippen molar-refractivity contribution in [2.24, 2.45) is 5.92 Å². The van der Waals surface area contributed by atoms with Crippen molar-refractivity contribution < 1.29 is 19.8 Å². The maximum absolute atomic E-state index is 11.6. The summed E-state index contributed by atoms with van der Waals surface area (Å²) in [5.41, 5.74) is 0. The number of carboxylic acids is 1. The lowest BCUT2D eigenvalue weighted by atomic mass is 9.84. The highest BCUT2D eigenvalue weighted by Gasteiger charge is 2.26. The molecule has 0 bridgehead atoms. The van der Waals surface area contributed by atoms with E-state index in [-0.39, 0.29) is 24.8 Å². The molecule has 1 fully saturated rings. The van der Waals surface area contributed by atoms with Gasteiger partial charge in [-0.3, -0.25) is 9.59 Å². The van der Waals surface area contributed by atoms with Gasteiger partial charge in [-0.15, -0.1) is 0 Å². The Morgan fingerprint density at radius 2 is 1.94 bits per heavy atom. The van der Waals surface area contributed by atoms with E-state index in [2.05, 4.69) is 0 Å². The monoisotopic (exact) mass is 229 g/mol. The van der Waals surface area contributed by atoms with Crippen LogP contribution in [0.15, 0.2) is 0 Å². The Bertz CT molecular complexity index is 267. The lowest BCUT2D eigenvalue weighted by molar-refractivity contribution is -0.144. The maximum atomic E-state index is 11.6. The smallest absolute Gasteiger partial charge is 0.323 e. The van der Waals surface area contributed by atoms with Crippen molar-refractivity contribution in [2.75, 3.05) is 13.6 Å². The third-order valence-electron chi connectivity index (χ3n) is 3.10. The van der Waals surface area contributed by atoms with Crippen LogP contribution in [0, 0.1) is 5.92 Å². The van der Waals surface area contributed by atoms with Crippen LogP contribution in [-0.4, -0.2) is 46.7 Å². The first-order valence-corrected chi connectivity index (χ1v) is 5.64. The molecule has 5 heteroatoms. The molecule has 0 spiro atoms. The Labute approximate surface area is 95.1 Å². The molecule has 1 saturated carbocycles. The fraction of sp³-hybridized carbons (Fsp3) is 0.818. The van der Waals surface area contributed by atoms with Crippen LogP contribution in [0.4, 0.5) is 0 Å². The second-order valence-corrected chi connectivity index (χ2v) is 4.46. The van der Waals surface area contributed by atoms with Gasteiger partial charge in [-0.1, -0.05) is 12.8 Å². The van der Waals surface area contributed by atoms with Gasteiger partial charge in [0.1, 0.15) is 6.54 Å². The Hall–Kier alpha value is -1.10. The fourth-order valence-electron chi connectivity index (χ4n) is 2.10. The van der Waals surface area contributed by atoms with Gasteiger partial charge in [-0.25, -0.2) is 0 Å². The molecule has 1 aliphatic rings. The summed E-state index contributed by atoms with van der Waals surface area (Å²) in [5.74, 6) is -1.22. The lowest BCUT2D eigenvalue weighted by Crippen LogP contribution is -2.36. The van der Waals surface area contributed by atoms with Crippen molar-refractivity contribution in [3.8, 4) is 0 Å². The molecular formula is C11H19NO4.